The lowest BCUT2D eigenvalue weighted by Crippen LogP contribution is -2.29. The standard InChI is InChI=1S/C16H15NO2/c18-15(11-6-2-1-3-7-11)10-13-12-8-4-5-9-14(12)17-16(13)19/h1-8,10,14,16-17,19H,9H2/b13-10+. The number of nitrogens with one attached hydrogen (secondary N) is 1. The summed E-state index contributed by atoms with van der Waals surface area (Å²) in [6.07, 6.45) is 7.60. The van der Waals surface area contributed by atoms with Crippen LogP contribution in [0.2, 0.25) is 0 Å². The van der Waals surface area contributed by atoms with Crippen LogP contribution in [0.5, 0.6) is 0 Å². The summed E-state index contributed by atoms with van der Waals surface area (Å²) in [7, 11) is 0. The second-order valence-electron chi connectivity index (χ2n) is 4.74. The molecule has 3 rings (SSSR count). The molecule has 0 bridgehead atoms. The Morgan fingerprint density at radius 1 is 1.32 bits per heavy atom. The molecule has 1 aliphatic heterocycles. The van der Waals surface area contributed by atoms with Crippen LogP contribution in [-0.4, -0.2) is 23.2 Å². The van der Waals surface area contributed by atoms with Crippen LogP contribution >= 0.6 is 0 Å². The van der Waals surface area contributed by atoms with Gasteiger partial charge in [-0.3, -0.25) is 10.1 Å². The molecule has 2 unspecified atom stereocenters. The minimum absolute atomic E-state index is 0.0763. The fourth-order valence-corrected chi connectivity index (χ4v) is 2.51. The Balaban J connectivity index is 1.92. The van der Waals surface area contributed by atoms with Crippen molar-refractivity contribution in [2.45, 2.75) is 18.7 Å². The first-order chi connectivity index (χ1) is 9.25. The highest BCUT2D eigenvalue weighted by atomic mass is 16.3. The molecule has 2 N–H and O–H groups in total. The van der Waals surface area contributed by atoms with Crippen LogP contribution in [0, 0.1) is 0 Å². The highest BCUT2D eigenvalue weighted by Crippen LogP contribution is 2.29. The molecule has 1 aromatic carbocycles. The lowest BCUT2D eigenvalue weighted by molar-refractivity contribution is 0.104. The average molecular weight is 253 g/mol. The second kappa shape index (κ2) is 4.96. The van der Waals surface area contributed by atoms with Gasteiger partial charge < -0.3 is 5.11 Å². The number of hydrogen-bond acceptors (Lipinski definition) is 3. The van der Waals surface area contributed by atoms with Crippen molar-refractivity contribution in [3.63, 3.8) is 0 Å². The number of allylic oxidation sites excluding steroid dienone is 3. The molecule has 1 heterocycles. The smallest absolute Gasteiger partial charge is 0.186 e. The quantitative estimate of drug-likeness (QED) is 0.626. The van der Waals surface area contributed by atoms with Gasteiger partial charge in [0.2, 0.25) is 0 Å². The van der Waals surface area contributed by atoms with E-state index in [4.69, 9.17) is 0 Å². The van der Waals surface area contributed by atoms with Gasteiger partial charge in [0.15, 0.2) is 5.78 Å². The van der Waals surface area contributed by atoms with Crippen LogP contribution in [-0.2, 0) is 0 Å². The van der Waals surface area contributed by atoms with Crippen LogP contribution in [0.25, 0.3) is 0 Å². The molecule has 3 heteroatoms. The molecule has 1 fully saturated rings. The molecule has 19 heavy (non-hydrogen) atoms. The molecule has 2 aliphatic rings. The first kappa shape index (κ1) is 12.1. The molecular weight excluding hydrogens is 238 g/mol. The van der Waals surface area contributed by atoms with Crippen molar-refractivity contribution in [3.8, 4) is 0 Å². The van der Waals surface area contributed by atoms with Gasteiger partial charge in [-0.25, -0.2) is 0 Å². The van der Waals surface area contributed by atoms with Gasteiger partial charge in [-0.15, -0.1) is 0 Å². The van der Waals surface area contributed by atoms with Crippen LogP contribution in [0.3, 0.4) is 0 Å². The Labute approximate surface area is 112 Å². The summed E-state index contributed by atoms with van der Waals surface area (Å²) in [5.41, 5.74) is 2.33. The Bertz CT molecular complexity index is 584. The zero-order valence-corrected chi connectivity index (χ0v) is 10.4. The number of ketones is 1. The Kier molecular flexibility index (Phi) is 3.15. The third-order valence-electron chi connectivity index (χ3n) is 3.49. The molecule has 1 aliphatic carbocycles. The molecule has 0 spiro atoms. The van der Waals surface area contributed by atoms with Crippen LogP contribution in [0.1, 0.15) is 16.8 Å². The van der Waals surface area contributed by atoms with E-state index in [0.717, 1.165) is 12.0 Å². The predicted octanol–water partition coefficient (Wildman–Crippen LogP) is 1.97. The van der Waals surface area contributed by atoms with E-state index in [9.17, 15) is 9.90 Å². The SMILES string of the molecule is O=C(/C=C1\C2=CC=CCC2NC1O)c1ccccc1. The molecular formula is C16H15NO2. The fourth-order valence-electron chi connectivity index (χ4n) is 2.51. The number of aliphatic hydroxyl groups excluding tert-OH is 1. The number of carbonyl (C=O) groups is 1. The zero-order valence-electron chi connectivity index (χ0n) is 10.4. The van der Waals surface area contributed by atoms with Gasteiger partial charge in [0.25, 0.3) is 0 Å². The van der Waals surface area contributed by atoms with Crippen molar-refractivity contribution >= 4 is 5.78 Å². The minimum Gasteiger partial charge on any atom is -0.374 e. The van der Waals surface area contributed by atoms with E-state index in [1.54, 1.807) is 12.1 Å². The maximum Gasteiger partial charge on any atom is 0.186 e. The van der Waals surface area contributed by atoms with Gasteiger partial charge in [0.05, 0.1) is 0 Å². The molecule has 0 amide bonds. The van der Waals surface area contributed by atoms with Crippen molar-refractivity contribution in [2.24, 2.45) is 0 Å². The lowest BCUT2D eigenvalue weighted by atomic mass is 9.95. The molecule has 0 aromatic heterocycles. The summed E-state index contributed by atoms with van der Waals surface area (Å²) in [5.74, 6) is -0.0763. The fraction of sp³-hybridized carbons (Fsp3) is 0.188. The Morgan fingerprint density at radius 2 is 2.11 bits per heavy atom. The van der Waals surface area contributed by atoms with Crippen LogP contribution < -0.4 is 5.32 Å². The van der Waals surface area contributed by atoms with E-state index in [2.05, 4.69) is 11.4 Å². The number of carbonyl (C=O) groups excluding carboxylic acids is 1. The van der Waals surface area contributed by atoms with E-state index in [1.165, 1.54) is 6.08 Å². The van der Waals surface area contributed by atoms with Crippen molar-refractivity contribution in [3.05, 3.63) is 71.3 Å². The summed E-state index contributed by atoms with van der Waals surface area (Å²) in [4.78, 5) is 12.2. The number of aliphatic hydroxyl groups is 1. The summed E-state index contributed by atoms with van der Waals surface area (Å²) < 4.78 is 0. The maximum atomic E-state index is 12.2. The maximum absolute atomic E-state index is 12.2. The Morgan fingerprint density at radius 3 is 2.89 bits per heavy atom. The number of rotatable bonds is 2. The topological polar surface area (TPSA) is 49.3 Å². The van der Waals surface area contributed by atoms with Crippen molar-refractivity contribution < 1.29 is 9.90 Å². The van der Waals surface area contributed by atoms with E-state index >= 15 is 0 Å². The summed E-state index contributed by atoms with van der Waals surface area (Å²) >= 11 is 0. The van der Waals surface area contributed by atoms with Crippen LogP contribution in [0.15, 0.2) is 65.8 Å². The first-order valence-electron chi connectivity index (χ1n) is 6.38. The summed E-state index contributed by atoms with van der Waals surface area (Å²) in [6.45, 7) is 0. The van der Waals surface area contributed by atoms with Crippen LogP contribution in [0.4, 0.5) is 0 Å². The average Bonchev–Trinajstić information content (AvgIpc) is 2.76. The molecule has 1 aromatic rings. The number of hydrogen-bond donors (Lipinski definition) is 2. The van der Waals surface area contributed by atoms with Gasteiger partial charge in [-0.05, 0) is 18.1 Å². The van der Waals surface area contributed by atoms with E-state index < -0.39 is 6.23 Å². The van der Waals surface area contributed by atoms with Crippen molar-refractivity contribution in [2.75, 3.05) is 0 Å². The largest absolute Gasteiger partial charge is 0.374 e. The molecule has 96 valence electrons. The highest BCUT2D eigenvalue weighted by molar-refractivity contribution is 6.05. The van der Waals surface area contributed by atoms with Gasteiger partial charge in [0, 0.05) is 17.2 Å². The number of benzene rings is 1. The molecule has 3 nitrogen and oxygen atoms in total. The van der Waals surface area contributed by atoms with Crippen molar-refractivity contribution in [1.82, 2.24) is 5.32 Å². The highest BCUT2D eigenvalue weighted by Gasteiger charge is 2.32. The van der Waals surface area contributed by atoms with E-state index in [-0.39, 0.29) is 11.8 Å². The van der Waals surface area contributed by atoms with Gasteiger partial charge in [0.1, 0.15) is 6.23 Å². The third-order valence-corrected chi connectivity index (χ3v) is 3.49. The Hall–Kier alpha value is -1.97. The third kappa shape index (κ3) is 2.30. The summed E-state index contributed by atoms with van der Waals surface area (Å²) in [6, 6.07) is 9.22. The monoisotopic (exact) mass is 253 g/mol. The lowest BCUT2D eigenvalue weighted by Gasteiger charge is -2.12. The molecule has 0 saturated carbocycles. The van der Waals surface area contributed by atoms with E-state index in [0.29, 0.717) is 11.1 Å². The molecule has 1 saturated heterocycles. The summed E-state index contributed by atoms with van der Waals surface area (Å²) in [5, 5.41) is 13.1. The predicted molar refractivity (Wildman–Crippen MR) is 73.6 cm³/mol. The van der Waals surface area contributed by atoms with Gasteiger partial charge in [-0.2, -0.15) is 0 Å². The van der Waals surface area contributed by atoms with E-state index in [1.807, 2.05) is 30.4 Å². The first-order valence-corrected chi connectivity index (χ1v) is 6.38. The number of fused-ring (bicyclic) bond motifs is 1. The van der Waals surface area contributed by atoms with Gasteiger partial charge >= 0.3 is 0 Å². The molecule has 0 radical (unpaired) electrons. The zero-order chi connectivity index (χ0) is 13.2. The second-order valence-corrected chi connectivity index (χ2v) is 4.74. The van der Waals surface area contributed by atoms with Crippen molar-refractivity contribution in [1.29, 1.82) is 0 Å². The minimum atomic E-state index is -0.760. The van der Waals surface area contributed by atoms with Gasteiger partial charge in [-0.1, -0.05) is 48.6 Å². The molecule has 2 atom stereocenters. The normalized spacial score (nSPS) is 27.2.